The number of halogens is 1. The molecule has 2 N–H and O–H groups in total. The molecule has 28 heavy (non-hydrogen) atoms. The zero-order chi connectivity index (χ0) is 20.5. The maximum absolute atomic E-state index is 13.3. The van der Waals surface area contributed by atoms with Gasteiger partial charge in [0.2, 0.25) is 5.91 Å². The first-order valence-corrected chi connectivity index (χ1v) is 9.04. The Labute approximate surface area is 162 Å². The summed E-state index contributed by atoms with van der Waals surface area (Å²) in [7, 11) is 0. The minimum absolute atomic E-state index is 0.276. The molecule has 0 bridgehead atoms. The number of benzene rings is 2. The van der Waals surface area contributed by atoms with Crippen LogP contribution in [0, 0.1) is 19.7 Å². The summed E-state index contributed by atoms with van der Waals surface area (Å²) in [5.74, 6) is -1.42. The lowest BCUT2D eigenvalue weighted by Crippen LogP contribution is -2.44. The van der Waals surface area contributed by atoms with Crippen LogP contribution in [-0.2, 0) is 15.1 Å². The van der Waals surface area contributed by atoms with Crippen LogP contribution < -0.4 is 10.6 Å². The Morgan fingerprint density at radius 1 is 1.11 bits per heavy atom. The van der Waals surface area contributed by atoms with Crippen LogP contribution in [0.5, 0.6) is 0 Å². The number of urea groups is 1. The van der Waals surface area contributed by atoms with Crippen molar-refractivity contribution in [3.05, 3.63) is 65.0 Å². The fourth-order valence-electron chi connectivity index (χ4n) is 3.48. The van der Waals surface area contributed by atoms with Gasteiger partial charge in [0.15, 0.2) is 0 Å². The van der Waals surface area contributed by atoms with E-state index in [4.69, 9.17) is 0 Å². The number of nitrogens with zero attached hydrogens (tertiary/aromatic N) is 1. The van der Waals surface area contributed by atoms with Gasteiger partial charge in [0.25, 0.3) is 5.91 Å². The maximum Gasteiger partial charge on any atom is 0.325 e. The summed E-state index contributed by atoms with van der Waals surface area (Å²) in [6.07, 6.45) is 0.276. The normalized spacial score (nSPS) is 18.9. The fourth-order valence-corrected chi connectivity index (χ4v) is 3.48. The average Bonchev–Trinajstić information content (AvgIpc) is 2.90. The second-order valence-electron chi connectivity index (χ2n) is 6.90. The number of rotatable bonds is 5. The lowest BCUT2D eigenvalue weighted by Gasteiger charge is -2.25. The molecule has 1 aliphatic heterocycles. The number of carbonyl (C=O) groups is 3. The Kier molecular flexibility index (Phi) is 5.18. The number of hydrogen-bond acceptors (Lipinski definition) is 3. The van der Waals surface area contributed by atoms with Crippen molar-refractivity contribution in [1.29, 1.82) is 0 Å². The summed E-state index contributed by atoms with van der Waals surface area (Å²) in [4.78, 5) is 38.9. The predicted molar refractivity (Wildman–Crippen MR) is 103 cm³/mol. The number of aryl methyl sites for hydroxylation is 2. The minimum Gasteiger partial charge on any atom is -0.324 e. The smallest absolute Gasteiger partial charge is 0.324 e. The van der Waals surface area contributed by atoms with Crippen LogP contribution in [0.4, 0.5) is 14.9 Å². The fraction of sp³-hybridized carbons (Fsp3) is 0.286. The number of imide groups is 1. The predicted octanol–water partition coefficient (Wildman–Crippen LogP) is 3.24. The first-order chi connectivity index (χ1) is 13.3. The van der Waals surface area contributed by atoms with Gasteiger partial charge in [-0.2, -0.15) is 0 Å². The van der Waals surface area contributed by atoms with Gasteiger partial charge in [0.05, 0.1) is 0 Å². The molecule has 1 heterocycles. The molecule has 6 nitrogen and oxygen atoms in total. The summed E-state index contributed by atoms with van der Waals surface area (Å²) >= 11 is 0. The van der Waals surface area contributed by atoms with Gasteiger partial charge < -0.3 is 10.6 Å². The van der Waals surface area contributed by atoms with Gasteiger partial charge in [-0.3, -0.25) is 14.5 Å². The summed E-state index contributed by atoms with van der Waals surface area (Å²) in [6.45, 7) is 5.09. The molecule has 0 aliphatic carbocycles. The van der Waals surface area contributed by atoms with Crippen molar-refractivity contribution in [2.75, 3.05) is 11.9 Å². The van der Waals surface area contributed by atoms with Crippen LogP contribution in [0.3, 0.4) is 0 Å². The number of hydrogen-bond donors (Lipinski definition) is 2. The van der Waals surface area contributed by atoms with E-state index in [1.165, 1.54) is 24.3 Å². The second kappa shape index (κ2) is 7.42. The van der Waals surface area contributed by atoms with E-state index in [1.54, 1.807) is 6.92 Å². The van der Waals surface area contributed by atoms with Crippen LogP contribution in [0.15, 0.2) is 42.5 Å². The minimum atomic E-state index is -1.30. The van der Waals surface area contributed by atoms with E-state index in [-0.39, 0.29) is 6.42 Å². The molecule has 0 saturated carbocycles. The first-order valence-electron chi connectivity index (χ1n) is 9.04. The topological polar surface area (TPSA) is 78.5 Å². The zero-order valence-corrected chi connectivity index (χ0v) is 16.0. The van der Waals surface area contributed by atoms with Gasteiger partial charge >= 0.3 is 6.03 Å². The van der Waals surface area contributed by atoms with Gasteiger partial charge in [0.1, 0.15) is 17.9 Å². The van der Waals surface area contributed by atoms with Crippen molar-refractivity contribution in [2.24, 2.45) is 0 Å². The lowest BCUT2D eigenvalue weighted by molar-refractivity contribution is -0.134. The lowest BCUT2D eigenvalue weighted by atomic mass is 9.87. The van der Waals surface area contributed by atoms with Gasteiger partial charge in [-0.1, -0.05) is 37.3 Å². The van der Waals surface area contributed by atoms with E-state index in [0.717, 1.165) is 16.0 Å². The number of anilines is 1. The zero-order valence-electron chi connectivity index (χ0n) is 16.0. The van der Waals surface area contributed by atoms with Crippen LogP contribution in [0.1, 0.15) is 30.0 Å². The molecule has 1 aliphatic rings. The molecule has 146 valence electrons. The maximum atomic E-state index is 13.3. The second-order valence-corrected chi connectivity index (χ2v) is 6.90. The van der Waals surface area contributed by atoms with Gasteiger partial charge in [-0.25, -0.2) is 9.18 Å². The quantitative estimate of drug-likeness (QED) is 0.778. The van der Waals surface area contributed by atoms with Crippen molar-refractivity contribution >= 4 is 23.5 Å². The van der Waals surface area contributed by atoms with Crippen molar-refractivity contribution in [1.82, 2.24) is 10.2 Å². The monoisotopic (exact) mass is 383 g/mol. The molecule has 4 amide bonds. The van der Waals surface area contributed by atoms with Crippen LogP contribution in [-0.4, -0.2) is 29.3 Å². The molecular weight excluding hydrogens is 361 g/mol. The van der Waals surface area contributed by atoms with E-state index in [9.17, 15) is 18.8 Å². The number of para-hydroxylation sites is 1. The molecule has 0 spiro atoms. The Hall–Kier alpha value is -3.22. The van der Waals surface area contributed by atoms with Crippen LogP contribution in [0.2, 0.25) is 0 Å². The van der Waals surface area contributed by atoms with E-state index in [0.29, 0.717) is 11.3 Å². The SMILES string of the molecule is CCC1(c2ccc(F)cc2)NC(=O)N(CC(=O)Nc2c(C)cccc2C)C1=O. The molecule has 0 aromatic heterocycles. The molecule has 1 unspecified atom stereocenters. The van der Waals surface area contributed by atoms with Gasteiger partial charge in [-0.15, -0.1) is 0 Å². The molecular formula is C21H22FN3O3. The van der Waals surface area contributed by atoms with Crippen molar-refractivity contribution in [3.63, 3.8) is 0 Å². The highest BCUT2D eigenvalue weighted by molar-refractivity contribution is 6.10. The van der Waals surface area contributed by atoms with Crippen molar-refractivity contribution in [2.45, 2.75) is 32.7 Å². The van der Waals surface area contributed by atoms with E-state index < -0.39 is 35.7 Å². The molecule has 1 fully saturated rings. The first kappa shape index (κ1) is 19.5. The standard InChI is InChI=1S/C21H22FN3O3/c1-4-21(15-8-10-16(22)11-9-15)19(27)25(20(28)24-21)12-17(26)23-18-13(2)6-5-7-14(18)3/h5-11H,4,12H2,1-3H3,(H,23,26)(H,24,28). The molecule has 1 saturated heterocycles. The third-order valence-corrected chi connectivity index (χ3v) is 5.09. The molecule has 3 rings (SSSR count). The molecule has 7 heteroatoms. The Morgan fingerprint density at radius 2 is 1.71 bits per heavy atom. The summed E-state index contributed by atoms with van der Waals surface area (Å²) in [5, 5.41) is 5.46. The van der Waals surface area contributed by atoms with Crippen molar-refractivity contribution in [3.8, 4) is 0 Å². The molecule has 1 atom stereocenters. The highest BCUT2D eigenvalue weighted by Crippen LogP contribution is 2.32. The Morgan fingerprint density at radius 3 is 2.29 bits per heavy atom. The molecule has 0 radical (unpaired) electrons. The van der Waals surface area contributed by atoms with E-state index >= 15 is 0 Å². The molecule has 2 aromatic carbocycles. The van der Waals surface area contributed by atoms with Crippen molar-refractivity contribution < 1.29 is 18.8 Å². The Balaban J connectivity index is 1.81. The summed E-state index contributed by atoms with van der Waals surface area (Å²) < 4.78 is 13.3. The number of amides is 4. The Bertz CT molecular complexity index is 922. The third-order valence-electron chi connectivity index (χ3n) is 5.09. The van der Waals surface area contributed by atoms with Gasteiger partial charge in [0, 0.05) is 5.69 Å². The average molecular weight is 383 g/mol. The van der Waals surface area contributed by atoms with E-state index in [2.05, 4.69) is 10.6 Å². The summed E-state index contributed by atoms with van der Waals surface area (Å²) in [5.41, 5.74) is 1.62. The van der Waals surface area contributed by atoms with Crippen LogP contribution in [0.25, 0.3) is 0 Å². The third kappa shape index (κ3) is 3.35. The van der Waals surface area contributed by atoms with Gasteiger partial charge in [-0.05, 0) is 49.1 Å². The summed E-state index contributed by atoms with van der Waals surface area (Å²) in [6, 6.07) is 10.4. The number of nitrogens with one attached hydrogen (secondary N) is 2. The molecule has 2 aromatic rings. The van der Waals surface area contributed by atoms with Crippen LogP contribution >= 0.6 is 0 Å². The highest BCUT2D eigenvalue weighted by atomic mass is 19.1. The van der Waals surface area contributed by atoms with E-state index in [1.807, 2.05) is 32.0 Å². The number of carbonyl (C=O) groups excluding carboxylic acids is 3. The largest absolute Gasteiger partial charge is 0.325 e. The highest BCUT2D eigenvalue weighted by Gasteiger charge is 2.51.